The van der Waals surface area contributed by atoms with Gasteiger partial charge in [-0.3, -0.25) is 19.3 Å². The van der Waals surface area contributed by atoms with Crippen molar-refractivity contribution in [1.82, 2.24) is 10.2 Å². The van der Waals surface area contributed by atoms with E-state index in [0.29, 0.717) is 23.4 Å². The molecule has 0 unspecified atom stereocenters. The van der Waals surface area contributed by atoms with Crippen LogP contribution in [0.4, 0.5) is 5.69 Å². The maximum atomic E-state index is 14.2. The zero-order chi connectivity index (χ0) is 28.2. The Morgan fingerprint density at radius 3 is 2.33 bits per heavy atom. The molecule has 4 aromatic carbocycles. The number of hydrogen-bond donors (Lipinski definition) is 1. The molecular formula is C33H33N3O4. The van der Waals surface area contributed by atoms with Crippen LogP contribution in [0.1, 0.15) is 35.3 Å². The van der Waals surface area contributed by atoms with E-state index in [1.165, 1.54) is 4.90 Å². The van der Waals surface area contributed by atoms with E-state index in [0.717, 1.165) is 21.9 Å². The molecule has 7 heteroatoms. The number of amides is 3. The van der Waals surface area contributed by atoms with E-state index < -0.39 is 6.04 Å². The first-order chi connectivity index (χ1) is 19.4. The summed E-state index contributed by atoms with van der Waals surface area (Å²) in [5, 5.41) is 4.80. The number of rotatable bonds is 10. The summed E-state index contributed by atoms with van der Waals surface area (Å²) < 4.78 is 5.41. The Labute approximate surface area is 234 Å². The summed E-state index contributed by atoms with van der Waals surface area (Å²) in [6.45, 7) is 3.79. The van der Waals surface area contributed by atoms with Crippen molar-refractivity contribution in [3.05, 3.63) is 108 Å². The molecular weight excluding hydrogens is 502 g/mol. The SMILES string of the molecule is COc1cccc(CN(C(=O)CN2C(=O)c3cccc4cccc2c34)[C@@H](Cc2ccccc2)C(=O)NC(C)C)c1. The molecule has 3 amide bonds. The van der Waals surface area contributed by atoms with Crippen LogP contribution in [0, 0.1) is 0 Å². The average molecular weight is 536 g/mol. The zero-order valence-corrected chi connectivity index (χ0v) is 23.0. The summed E-state index contributed by atoms with van der Waals surface area (Å²) in [6.07, 6.45) is 0.332. The highest BCUT2D eigenvalue weighted by molar-refractivity contribution is 6.26. The van der Waals surface area contributed by atoms with Crippen LogP contribution in [0.2, 0.25) is 0 Å². The molecule has 0 bridgehead atoms. The molecule has 0 aromatic heterocycles. The lowest BCUT2D eigenvalue weighted by atomic mass is 10.0. The van der Waals surface area contributed by atoms with Crippen LogP contribution in [0.25, 0.3) is 10.8 Å². The van der Waals surface area contributed by atoms with Gasteiger partial charge in [0, 0.05) is 30.0 Å². The molecule has 1 aliphatic heterocycles. The molecule has 1 heterocycles. The summed E-state index contributed by atoms with van der Waals surface area (Å²) in [7, 11) is 1.59. The fraction of sp³-hybridized carbons (Fsp3) is 0.242. The maximum absolute atomic E-state index is 14.2. The van der Waals surface area contributed by atoms with Gasteiger partial charge in [-0.2, -0.15) is 0 Å². The van der Waals surface area contributed by atoms with E-state index in [4.69, 9.17) is 4.74 Å². The van der Waals surface area contributed by atoms with E-state index >= 15 is 0 Å². The summed E-state index contributed by atoms with van der Waals surface area (Å²) in [5.74, 6) is -0.116. The molecule has 0 saturated heterocycles. The van der Waals surface area contributed by atoms with Crippen LogP contribution in [0.3, 0.4) is 0 Å². The number of nitrogens with one attached hydrogen (secondary N) is 1. The molecule has 0 spiro atoms. The maximum Gasteiger partial charge on any atom is 0.259 e. The Balaban J connectivity index is 1.52. The van der Waals surface area contributed by atoms with Gasteiger partial charge in [0.15, 0.2) is 0 Å². The van der Waals surface area contributed by atoms with E-state index in [-0.39, 0.29) is 36.9 Å². The third kappa shape index (κ3) is 5.54. The number of carbonyl (C=O) groups excluding carboxylic acids is 3. The Morgan fingerprint density at radius 2 is 1.60 bits per heavy atom. The second-order valence-electron chi connectivity index (χ2n) is 10.3. The third-order valence-corrected chi connectivity index (χ3v) is 7.13. The number of methoxy groups -OCH3 is 1. The minimum absolute atomic E-state index is 0.105. The molecule has 4 aromatic rings. The first kappa shape index (κ1) is 26.9. The van der Waals surface area contributed by atoms with Crippen LogP contribution < -0.4 is 15.0 Å². The molecule has 0 saturated carbocycles. The Bertz CT molecular complexity index is 1540. The molecule has 40 heavy (non-hydrogen) atoms. The highest BCUT2D eigenvalue weighted by atomic mass is 16.5. The lowest BCUT2D eigenvalue weighted by molar-refractivity contribution is -0.140. The summed E-state index contributed by atoms with van der Waals surface area (Å²) in [4.78, 5) is 44.5. The smallest absolute Gasteiger partial charge is 0.259 e. The minimum atomic E-state index is -0.792. The van der Waals surface area contributed by atoms with Crippen LogP contribution in [-0.4, -0.2) is 48.4 Å². The van der Waals surface area contributed by atoms with Gasteiger partial charge in [-0.15, -0.1) is 0 Å². The number of carbonyl (C=O) groups is 3. The van der Waals surface area contributed by atoms with E-state index in [2.05, 4.69) is 5.32 Å². The zero-order valence-electron chi connectivity index (χ0n) is 23.0. The fourth-order valence-electron chi connectivity index (χ4n) is 5.26. The molecule has 0 fully saturated rings. The van der Waals surface area contributed by atoms with E-state index in [1.807, 2.05) is 98.8 Å². The Kier molecular flexibility index (Phi) is 7.82. The largest absolute Gasteiger partial charge is 0.497 e. The number of anilines is 1. The highest BCUT2D eigenvalue weighted by Gasteiger charge is 2.36. The van der Waals surface area contributed by atoms with Gasteiger partial charge in [-0.25, -0.2) is 0 Å². The van der Waals surface area contributed by atoms with Crippen molar-refractivity contribution >= 4 is 34.2 Å². The standard InChI is InChI=1S/C33H33N3O4/c1-22(2)34-32(38)29(19-23-10-5-4-6-11-23)35(20-24-12-7-15-26(18-24)40-3)30(37)21-36-28-17-9-14-25-13-8-16-27(31(25)28)33(36)39/h4-18,22,29H,19-21H2,1-3H3,(H,34,38)/t29-/m0/s1. The van der Waals surface area contributed by atoms with Crippen LogP contribution in [-0.2, 0) is 22.6 Å². The Morgan fingerprint density at radius 1 is 0.900 bits per heavy atom. The van der Waals surface area contributed by atoms with Gasteiger partial charge in [0.05, 0.1) is 12.8 Å². The molecule has 0 radical (unpaired) electrons. The van der Waals surface area contributed by atoms with Crippen molar-refractivity contribution in [3.8, 4) is 5.75 Å². The molecule has 1 atom stereocenters. The molecule has 7 nitrogen and oxygen atoms in total. The van der Waals surface area contributed by atoms with E-state index in [1.54, 1.807) is 18.1 Å². The van der Waals surface area contributed by atoms with Gasteiger partial charge >= 0.3 is 0 Å². The second kappa shape index (κ2) is 11.6. The van der Waals surface area contributed by atoms with Crippen molar-refractivity contribution in [2.24, 2.45) is 0 Å². The topological polar surface area (TPSA) is 79.0 Å². The van der Waals surface area contributed by atoms with Gasteiger partial charge in [-0.05, 0) is 54.6 Å². The number of hydrogen-bond acceptors (Lipinski definition) is 4. The van der Waals surface area contributed by atoms with Gasteiger partial charge in [-0.1, -0.05) is 66.7 Å². The molecule has 0 aliphatic carbocycles. The summed E-state index contributed by atoms with van der Waals surface area (Å²) >= 11 is 0. The van der Waals surface area contributed by atoms with Crippen LogP contribution in [0.15, 0.2) is 91.0 Å². The van der Waals surface area contributed by atoms with E-state index in [9.17, 15) is 14.4 Å². The second-order valence-corrected chi connectivity index (χ2v) is 10.3. The molecule has 5 rings (SSSR count). The van der Waals surface area contributed by atoms with Crippen molar-refractivity contribution in [2.75, 3.05) is 18.6 Å². The van der Waals surface area contributed by atoms with Gasteiger partial charge in [0.25, 0.3) is 5.91 Å². The van der Waals surface area contributed by atoms with Gasteiger partial charge in [0.1, 0.15) is 18.3 Å². The molecule has 204 valence electrons. The number of nitrogens with zero attached hydrogens (tertiary/aromatic N) is 2. The fourth-order valence-corrected chi connectivity index (χ4v) is 5.26. The normalized spacial score (nSPS) is 13.0. The van der Waals surface area contributed by atoms with Crippen molar-refractivity contribution in [2.45, 2.75) is 38.9 Å². The molecule has 1 aliphatic rings. The first-order valence-electron chi connectivity index (χ1n) is 13.5. The quantitative estimate of drug-likeness (QED) is 0.311. The predicted octanol–water partition coefficient (Wildman–Crippen LogP) is 4.97. The Hall–Kier alpha value is -4.65. The highest BCUT2D eigenvalue weighted by Crippen LogP contribution is 2.37. The summed E-state index contributed by atoms with van der Waals surface area (Å²) in [5.41, 5.74) is 3.04. The summed E-state index contributed by atoms with van der Waals surface area (Å²) in [6, 6.07) is 27.5. The predicted molar refractivity (Wildman–Crippen MR) is 156 cm³/mol. The molecule has 1 N–H and O–H groups in total. The number of benzene rings is 4. The monoisotopic (exact) mass is 535 g/mol. The van der Waals surface area contributed by atoms with Crippen LogP contribution in [0.5, 0.6) is 5.75 Å². The van der Waals surface area contributed by atoms with Crippen LogP contribution >= 0.6 is 0 Å². The lowest BCUT2D eigenvalue weighted by Gasteiger charge is -2.33. The van der Waals surface area contributed by atoms with Crippen molar-refractivity contribution in [3.63, 3.8) is 0 Å². The first-order valence-corrected chi connectivity index (χ1v) is 13.5. The third-order valence-electron chi connectivity index (χ3n) is 7.13. The number of ether oxygens (including phenoxy) is 1. The minimum Gasteiger partial charge on any atom is -0.497 e. The van der Waals surface area contributed by atoms with Gasteiger partial charge in [0.2, 0.25) is 11.8 Å². The lowest BCUT2D eigenvalue weighted by Crippen LogP contribution is -2.54. The van der Waals surface area contributed by atoms with Crippen molar-refractivity contribution < 1.29 is 19.1 Å². The van der Waals surface area contributed by atoms with Gasteiger partial charge < -0.3 is 15.0 Å². The van der Waals surface area contributed by atoms with Crippen molar-refractivity contribution in [1.29, 1.82) is 0 Å². The average Bonchev–Trinajstić information content (AvgIpc) is 3.23.